The van der Waals surface area contributed by atoms with Gasteiger partial charge in [-0.25, -0.2) is 9.97 Å². The van der Waals surface area contributed by atoms with Crippen LogP contribution in [0, 0.1) is 6.92 Å². The zero-order valence-corrected chi connectivity index (χ0v) is 12.3. The Hall–Kier alpha value is -1.16. The number of nitrogens with zero attached hydrogens (tertiary/aromatic N) is 2. The molecule has 0 aliphatic rings. The minimum absolute atomic E-state index is 0.354. The van der Waals surface area contributed by atoms with Crippen molar-refractivity contribution >= 4 is 23.2 Å². The minimum atomic E-state index is 0.354. The van der Waals surface area contributed by atoms with E-state index in [9.17, 15) is 0 Å². The predicted octanol–water partition coefficient (Wildman–Crippen LogP) is 3.83. The van der Waals surface area contributed by atoms with Gasteiger partial charge in [0, 0.05) is 29.8 Å². The van der Waals surface area contributed by atoms with E-state index < -0.39 is 0 Å². The third-order valence-electron chi connectivity index (χ3n) is 2.81. The van der Waals surface area contributed by atoms with E-state index in [1.807, 2.05) is 31.2 Å². The Labute approximate surface area is 122 Å². The summed E-state index contributed by atoms with van der Waals surface area (Å²) >= 11 is 12.4. The smallest absolute Gasteiger partial charge is 0.155 e. The van der Waals surface area contributed by atoms with E-state index in [2.05, 4.69) is 9.97 Å². The number of benzene rings is 1. The molecule has 1 aromatic carbocycles. The maximum Gasteiger partial charge on any atom is 0.155 e. The van der Waals surface area contributed by atoms with Crippen molar-refractivity contribution in [3.05, 3.63) is 57.1 Å². The Bertz CT molecular complexity index is 564. The van der Waals surface area contributed by atoms with Gasteiger partial charge in [0.1, 0.15) is 11.8 Å². The average Bonchev–Trinajstić information content (AvgIpc) is 2.36. The van der Waals surface area contributed by atoms with Crippen molar-refractivity contribution in [3.63, 3.8) is 0 Å². The number of methoxy groups -OCH3 is 1. The van der Waals surface area contributed by atoms with Crippen LogP contribution in [0.15, 0.2) is 24.3 Å². The van der Waals surface area contributed by atoms with E-state index >= 15 is 0 Å². The summed E-state index contributed by atoms with van der Waals surface area (Å²) in [7, 11) is 1.60. The second-order valence-corrected chi connectivity index (χ2v) is 4.96. The maximum absolute atomic E-state index is 6.22. The summed E-state index contributed by atoms with van der Waals surface area (Å²) in [5.41, 5.74) is 2.76. The van der Waals surface area contributed by atoms with Crippen molar-refractivity contribution in [1.82, 2.24) is 9.97 Å². The lowest BCUT2D eigenvalue weighted by Crippen LogP contribution is -2.05. The third-order valence-corrected chi connectivity index (χ3v) is 3.49. The normalized spacial score (nSPS) is 10.7. The molecule has 100 valence electrons. The van der Waals surface area contributed by atoms with E-state index in [0.717, 1.165) is 21.8 Å². The maximum atomic E-state index is 6.22. The molecule has 0 spiro atoms. The molecular weight excluding hydrogens is 283 g/mol. The summed E-state index contributed by atoms with van der Waals surface area (Å²) in [6.07, 6.45) is 0.623. The molecule has 0 fully saturated rings. The average molecular weight is 297 g/mol. The molecule has 0 amide bonds. The summed E-state index contributed by atoms with van der Waals surface area (Å²) in [6, 6.07) is 7.69. The molecule has 1 aromatic heterocycles. The zero-order chi connectivity index (χ0) is 13.8. The fourth-order valence-corrected chi connectivity index (χ4v) is 2.35. The Kier molecular flexibility index (Phi) is 4.75. The van der Waals surface area contributed by atoms with Gasteiger partial charge in [-0.2, -0.15) is 0 Å². The SMILES string of the molecule is COCc1nc(C)c(Cc2ccccc2Cl)c(Cl)n1. The molecule has 0 atom stereocenters. The van der Waals surface area contributed by atoms with Crippen molar-refractivity contribution in [1.29, 1.82) is 0 Å². The van der Waals surface area contributed by atoms with Crippen LogP contribution >= 0.6 is 23.2 Å². The van der Waals surface area contributed by atoms with Gasteiger partial charge in [-0.05, 0) is 18.6 Å². The topological polar surface area (TPSA) is 35.0 Å². The quantitative estimate of drug-likeness (QED) is 0.804. The van der Waals surface area contributed by atoms with Crippen molar-refractivity contribution in [2.24, 2.45) is 0 Å². The minimum Gasteiger partial charge on any atom is -0.377 e. The Balaban J connectivity index is 2.33. The van der Waals surface area contributed by atoms with E-state index in [1.54, 1.807) is 7.11 Å². The second-order valence-electron chi connectivity index (χ2n) is 4.20. The van der Waals surface area contributed by atoms with Crippen LogP contribution in [0.2, 0.25) is 10.2 Å². The van der Waals surface area contributed by atoms with Gasteiger partial charge < -0.3 is 4.74 Å². The monoisotopic (exact) mass is 296 g/mol. The molecule has 0 saturated carbocycles. The number of aromatic nitrogens is 2. The van der Waals surface area contributed by atoms with Gasteiger partial charge in [-0.3, -0.25) is 0 Å². The van der Waals surface area contributed by atoms with Gasteiger partial charge in [0.15, 0.2) is 5.82 Å². The largest absolute Gasteiger partial charge is 0.377 e. The molecule has 0 N–H and O–H groups in total. The van der Waals surface area contributed by atoms with Crippen LogP contribution in [-0.2, 0) is 17.8 Å². The lowest BCUT2D eigenvalue weighted by molar-refractivity contribution is 0.177. The molecule has 2 aromatic rings. The van der Waals surface area contributed by atoms with Crippen LogP contribution in [0.1, 0.15) is 22.6 Å². The first-order valence-electron chi connectivity index (χ1n) is 5.86. The van der Waals surface area contributed by atoms with Crippen LogP contribution in [0.5, 0.6) is 0 Å². The van der Waals surface area contributed by atoms with Crippen molar-refractivity contribution in [2.75, 3.05) is 7.11 Å². The first-order chi connectivity index (χ1) is 9.11. The van der Waals surface area contributed by atoms with Crippen molar-refractivity contribution < 1.29 is 4.74 Å². The van der Waals surface area contributed by atoms with Crippen LogP contribution in [0.25, 0.3) is 0 Å². The molecule has 0 aliphatic carbocycles. The highest BCUT2D eigenvalue weighted by Crippen LogP contribution is 2.24. The van der Waals surface area contributed by atoms with Gasteiger partial charge in [-0.1, -0.05) is 41.4 Å². The Morgan fingerprint density at radius 2 is 1.89 bits per heavy atom. The lowest BCUT2D eigenvalue weighted by atomic mass is 10.1. The lowest BCUT2D eigenvalue weighted by Gasteiger charge is -2.10. The number of hydrogen-bond acceptors (Lipinski definition) is 3. The van der Waals surface area contributed by atoms with E-state index in [1.165, 1.54) is 0 Å². The molecular formula is C14H14Cl2N2O. The molecule has 0 bridgehead atoms. The molecule has 0 aliphatic heterocycles. The van der Waals surface area contributed by atoms with E-state index in [-0.39, 0.29) is 0 Å². The molecule has 0 unspecified atom stereocenters. The predicted molar refractivity (Wildman–Crippen MR) is 76.8 cm³/mol. The van der Waals surface area contributed by atoms with E-state index in [4.69, 9.17) is 27.9 Å². The molecule has 5 heteroatoms. The number of rotatable bonds is 4. The zero-order valence-electron chi connectivity index (χ0n) is 10.8. The first kappa shape index (κ1) is 14.3. The molecule has 2 rings (SSSR count). The highest BCUT2D eigenvalue weighted by molar-refractivity contribution is 6.31. The fraction of sp³-hybridized carbons (Fsp3) is 0.286. The van der Waals surface area contributed by atoms with Crippen LogP contribution in [0.4, 0.5) is 0 Å². The fourth-order valence-electron chi connectivity index (χ4n) is 1.84. The summed E-state index contributed by atoms with van der Waals surface area (Å²) in [6.45, 7) is 2.27. The van der Waals surface area contributed by atoms with E-state index in [0.29, 0.717) is 24.0 Å². The van der Waals surface area contributed by atoms with Crippen LogP contribution in [0.3, 0.4) is 0 Å². The molecule has 0 radical (unpaired) electrons. The highest BCUT2D eigenvalue weighted by atomic mass is 35.5. The number of aryl methyl sites for hydroxylation is 1. The van der Waals surface area contributed by atoms with Gasteiger partial charge in [0.2, 0.25) is 0 Å². The first-order valence-corrected chi connectivity index (χ1v) is 6.61. The molecule has 1 heterocycles. The van der Waals surface area contributed by atoms with Crippen molar-refractivity contribution in [2.45, 2.75) is 20.0 Å². The van der Waals surface area contributed by atoms with Gasteiger partial charge >= 0.3 is 0 Å². The summed E-state index contributed by atoms with van der Waals surface area (Å²) < 4.78 is 5.01. The molecule has 3 nitrogen and oxygen atoms in total. The summed E-state index contributed by atoms with van der Waals surface area (Å²) in [4.78, 5) is 8.62. The van der Waals surface area contributed by atoms with Crippen molar-refractivity contribution in [3.8, 4) is 0 Å². The number of ether oxygens (including phenoxy) is 1. The van der Waals surface area contributed by atoms with Crippen LogP contribution < -0.4 is 0 Å². The summed E-state index contributed by atoms with van der Waals surface area (Å²) in [5, 5.41) is 1.18. The Morgan fingerprint density at radius 1 is 1.16 bits per heavy atom. The summed E-state index contributed by atoms with van der Waals surface area (Å²) in [5.74, 6) is 0.591. The highest BCUT2D eigenvalue weighted by Gasteiger charge is 2.12. The second kappa shape index (κ2) is 6.33. The molecule has 0 saturated heterocycles. The van der Waals surface area contributed by atoms with Gasteiger partial charge in [0.25, 0.3) is 0 Å². The number of halogens is 2. The van der Waals surface area contributed by atoms with Gasteiger partial charge in [0.05, 0.1) is 0 Å². The Morgan fingerprint density at radius 3 is 2.53 bits per heavy atom. The van der Waals surface area contributed by atoms with Gasteiger partial charge in [-0.15, -0.1) is 0 Å². The molecule has 19 heavy (non-hydrogen) atoms. The number of hydrogen-bond donors (Lipinski definition) is 0. The van der Waals surface area contributed by atoms with Crippen LogP contribution in [-0.4, -0.2) is 17.1 Å². The standard InChI is InChI=1S/C14H14Cl2N2O/c1-9-11(7-10-5-3-4-6-12(10)15)14(16)18-13(17-9)8-19-2/h3-6H,7-8H2,1-2H3. The third kappa shape index (κ3) is 3.44.